The van der Waals surface area contributed by atoms with E-state index < -0.39 is 0 Å². The van der Waals surface area contributed by atoms with Gasteiger partial charge in [-0.25, -0.2) is 0 Å². The Morgan fingerprint density at radius 3 is 1.49 bits per heavy atom. The SMILES string of the molecule is C[C@H](CC(C)(C)C)NC1C=C2C=CC=C3C=CC=C(C32)N1C.C[C@H](CC(C)(C)C)NC1C=c2cc3ccccc3cc2=CN1C.C[C@H](CC(C)(C)C)NC1C=c2ccc3ccccc3c2=CN1C.C[C@H](CC(C)(C)C)NC1c2ccccc2-c2ccccc2N1C. The first-order valence-corrected chi connectivity index (χ1v) is 33.9. The van der Waals surface area contributed by atoms with Crippen LogP contribution in [0.15, 0.2) is 181 Å². The Morgan fingerprint density at radius 1 is 0.418 bits per heavy atom. The number of anilines is 1. The molecule has 6 aromatic carbocycles. The average Bonchev–Trinajstić information content (AvgIpc) is 0.802. The van der Waals surface area contributed by atoms with Gasteiger partial charge in [0, 0.05) is 92.8 Å². The summed E-state index contributed by atoms with van der Waals surface area (Å²) in [6.07, 6.45) is 30.6. The van der Waals surface area contributed by atoms with E-state index in [9.17, 15) is 0 Å². The molecule has 4 heterocycles. The highest BCUT2D eigenvalue weighted by atomic mass is 15.3. The number of hydrogen-bond donors (Lipinski definition) is 4. The van der Waals surface area contributed by atoms with Crippen LogP contribution in [0.2, 0.25) is 0 Å². The summed E-state index contributed by atoms with van der Waals surface area (Å²) in [6, 6.07) is 45.6. The number of fused-ring (bicyclic) bond motifs is 8. The van der Waals surface area contributed by atoms with Crippen LogP contribution in [0.4, 0.5) is 5.69 Å². The topological polar surface area (TPSA) is 61.1 Å². The van der Waals surface area contributed by atoms with Gasteiger partial charge in [0.25, 0.3) is 0 Å². The second kappa shape index (κ2) is 28.5. The van der Waals surface area contributed by atoms with Crippen LogP contribution in [0, 0.1) is 27.6 Å². The maximum absolute atomic E-state index is 3.85. The maximum atomic E-state index is 3.85. The smallest absolute Gasteiger partial charge is 0.106 e. The molecule has 0 fully saturated rings. The van der Waals surface area contributed by atoms with Crippen molar-refractivity contribution in [2.24, 2.45) is 27.6 Å². The van der Waals surface area contributed by atoms with Gasteiger partial charge in [-0.1, -0.05) is 217 Å². The molecule has 0 bridgehead atoms. The Kier molecular flexibility index (Phi) is 21.4. The zero-order chi connectivity index (χ0) is 65.7. The summed E-state index contributed by atoms with van der Waals surface area (Å²) in [4.78, 5) is 9.32. The molecule has 0 spiro atoms. The molecule has 484 valence electrons. The standard InChI is InChI=1S/3C21H28N2.C20H28N2/c1-15(14-21(2,3)4)22-20-18-12-7-6-10-16(18)17-11-8-9-13-19(17)23(20)5;1-15(13-21(2,3)4)22-20-12-18-10-16-8-6-7-9-17(16)11-19(18)14-23(20)5;1-15(13-21(2,3)4)22-20-12-17-11-10-16-8-6-7-9-18(16)19(17)14-23(20)5;1-14(13-20(2,3)4)21-18-12-16-10-6-8-15-9-7-11-17(19(15)16)22(18)5/h6-13,15,20,22H,14H2,1-5H3;2*6-12,14-15,20,22H,13H2,1-5H3;6-12,14,18-19,21H,13H2,1-5H3/t3*15-,20?;14-,18?,19?/m1111/s1. The van der Waals surface area contributed by atoms with E-state index in [1.807, 2.05) is 0 Å². The van der Waals surface area contributed by atoms with Crippen molar-refractivity contribution in [2.75, 3.05) is 33.1 Å². The van der Waals surface area contributed by atoms with Crippen molar-refractivity contribution in [1.82, 2.24) is 36.0 Å². The Labute approximate surface area is 549 Å². The number of para-hydroxylation sites is 1. The Bertz CT molecular complexity index is 3890. The molecule has 5 unspecified atom stereocenters. The van der Waals surface area contributed by atoms with Crippen molar-refractivity contribution in [3.8, 4) is 11.1 Å². The Morgan fingerprint density at radius 2 is 0.890 bits per heavy atom. The van der Waals surface area contributed by atoms with Crippen molar-refractivity contribution in [3.05, 3.63) is 207 Å². The van der Waals surface area contributed by atoms with Crippen LogP contribution in [0.5, 0.6) is 0 Å². The third-order valence-electron chi connectivity index (χ3n) is 18.2. The number of rotatable bonds is 12. The number of nitrogens with zero attached hydrogens (tertiary/aromatic N) is 4. The summed E-state index contributed by atoms with van der Waals surface area (Å²) in [6.45, 7) is 36.8. The molecule has 0 saturated carbocycles. The second-order valence-corrected chi connectivity index (χ2v) is 32.0. The van der Waals surface area contributed by atoms with Gasteiger partial charge in [-0.3, -0.25) is 21.3 Å². The van der Waals surface area contributed by atoms with E-state index in [0.29, 0.717) is 51.7 Å². The molecule has 0 saturated heterocycles. The van der Waals surface area contributed by atoms with Crippen LogP contribution in [0.1, 0.15) is 148 Å². The van der Waals surface area contributed by atoms with E-state index in [-0.39, 0.29) is 24.7 Å². The van der Waals surface area contributed by atoms with E-state index in [0.717, 1.165) is 19.3 Å². The van der Waals surface area contributed by atoms with Gasteiger partial charge < -0.3 is 19.6 Å². The normalized spacial score (nSPS) is 21.0. The van der Waals surface area contributed by atoms with Crippen molar-refractivity contribution in [3.63, 3.8) is 0 Å². The molecule has 12 rings (SSSR count). The highest BCUT2D eigenvalue weighted by Crippen LogP contribution is 2.44. The molecule has 6 aliphatic rings. The molecule has 4 N–H and O–H groups in total. The highest BCUT2D eigenvalue weighted by molar-refractivity contribution is 5.86. The van der Waals surface area contributed by atoms with Crippen molar-refractivity contribution in [1.29, 1.82) is 0 Å². The molecular formula is C83H112N8. The monoisotopic (exact) mass is 1220 g/mol. The first-order chi connectivity index (χ1) is 42.9. The minimum atomic E-state index is 0.221. The highest BCUT2D eigenvalue weighted by Gasteiger charge is 2.35. The van der Waals surface area contributed by atoms with E-state index >= 15 is 0 Å². The molecule has 0 radical (unpaired) electrons. The fourth-order valence-electron chi connectivity index (χ4n) is 14.8. The number of benzene rings is 6. The molecule has 91 heavy (non-hydrogen) atoms. The molecule has 4 aliphatic heterocycles. The first kappa shape index (κ1) is 68.4. The number of nitrogens with one attached hydrogen (secondary N) is 4. The predicted octanol–water partition coefficient (Wildman–Crippen LogP) is 15.5. The van der Waals surface area contributed by atoms with Crippen LogP contribution in [-0.2, 0) is 0 Å². The van der Waals surface area contributed by atoms with Crippen molar-refractivity contribution < 1.29 is 0 Å². The van der Waals surface area contributed by atoms with Gasteiger partial charge in [0.1, 0.15) is 6.17 Å². The lowest BCUT2D eigenvalue weighted by Gasteiger charge is -2.43. The lowest BCUT2D eigenvalue weighted by Crippen LogP contribution is -2.50. The number of likely N-dealkylation sites (N-methyl/N-ethyl adjacent to an activating group) is 1. The van der Waals surface area contributed by atoms with E-state index in [1.165, 1.54) is 88.1 Å². The van der Waals surface area contributed by atoms with Crippen LogP contribution < -0.4 is 47.0 Å². The van der Waals surface area contributed by atoms with Crippen LogP contribution in [-0.4, -0.2) is 85.6 Å². The van der Waals surface area contributed by atoms with Gasteiger partial charge in [-0.05, 0) is 177 Å². The maximum Gasteiger partial charge on any atom is 0.106 e. The minimum Gasteiger partial charge on any atom is -0.361 e. The Balaban J connectivity index is 0.000000144. The van der Waals surface area contributed by atoms with Crippen molar-refractivity contribution >= 4 is 51.8 Å². The van der Waals surface area contributed by atoms with Gasteiger partial charge in [0.2, 0.25) is 0 Å². The second-order valence-electron chi connectivity index (χ2n) is 32.0. The molecular weight excluding hydrogens is 1110 g/mol. The van der Waals surface area contributed by atoms with E-state index in [2.05, 4.69) is 368 Å². The summed E-state index contributed by atoms with van der Waals surface area (Å²) in [5, 5.41) is 25.7. The third-order valence-corrected chi connectivity index (χ3v) is 18.2. The number of hydrogen-bond acceptors (Lipinski definition) is 8. The summed E-state index contributed by atoms with van der Waals surface area (Å²) in [5.41, 5.74) is 10.9. The van der Waals surface area contributed by atoms with Crippen LogP contribution in [0.3, 0.4) is 0 Å². The van der Waals surface area contributed by atoms with Gasteiger partial charge in [-0.2, -0.15) is 0 Å². The molecule has 9 atom stereocenters. The minimum absolute atomic E-state index is 0.221. The average molecular weight is 1220 g/mol. The third kappa shape index (κ3) is 18.0. The molecule has 2 aliphatic carbocycles. The lowest BCUT2D eigenvalue weighted by atomic mass is 9.78. The molecule has 8 heteroatoms. The van der Waals surface area contributed by atoms with Crippen LogP contribution >= 0.6 is 0 Å². The number of allylic oxidation sites excluding steroid dienone is 7. The van der Waals surface area contributed by atoms with Gasteiger partial charge in [0.05, 0.1) is 18.5 Å². The molecule has 0 aromatic heterocycles. The van der Waals surface area contributed by atoms with Crippen molar-refractivity contribution in [2.45, 2.75) is 185 Å². The lowest BCUT2D eigenvalue weighted by molar-refractivity contribution is 0.226. The molecule has 8 nitrogen and oxygen atoms in total. The van der Waals surface area contributed by atoms with Gasteiger partial charge >= 0.3 is 0 Å². The summed E-state index contributed by atoms with van der Waals surface area (Å²) >= 11 is 0. The predicted molar refractivity (Wildman–Crippen MR) is 395 cm³/mol. The quantitative estimate of drug-likeness (QED) is 0.0967. The summed E-state index contributed by atoms with van der Waals surface area (Å²) in [5.74, 6) is 0.427. The summed E-state index contributed by atoms with van der Waals surface area (Å²) < 4.78 is 0. The van der Waals surface area contributed by atoms with E-state index in [4.69, 9.17) is 0 Å². The van der Waals surface area contributed by atoms with Gasteiger partial charge in [0.15, 0.2) is 0 Å². The molecule has 0 amide bonds. The summed E-state index contributed by atoms with van der Waals surface area (Å²) in [7, 11) is 8.70. The van der Waals surface area contributed by atoms with Gasteiger partial charge in [-0.15, -0.1) is 0 Å². The first-order valence-electron chi connectivity index (χ1n) is 33.9. The largest absolute Gasteiger partial charge is 0.361 e. The van der Waals surface area contributed by atoms with E-state index in [1.54, 1.807) is 0 Å². The molecule has 6 aromatic rings. The fourth-order valence-corrected chi connectivity index (χ4v) is 14.8. The fraction of sp³-hybridized carbons (Fsp3) is 0.446. The zero-order valence-electron chi connectivity index (χ0n) is 59.2. The van der Waals surface area contributed by atoms with Crippen LogP contribution in [0.25, 0.3) is 57.2 Å². The zero-order valence-corrected chi connectivity index (χ0v) is 59.2. The Hall–Kier alpha value is -6.94.